The van der Waals surface area contributed by atoms with Crippen LogP contribution in [0.4, 0.5) is 10.5 Å². The number of nitrogens with zero attached hydrogens (tertiary/aromatic N) is 1. The van der Waals surface area contributed by atoms with Gasteiger partial charge in [-0.1, -0.05) is 109 Å². The molecular formula is C36H27N3O2. The van der Waals surface area contributed by atoms with Crippen LogP contribution in [0.15, 0.2) is 132 Å². The summed E-state index contributed by atoms with van der Waals surface area (Å²) in [5.41, 5.74) is 7.93. The van der Waals surface area contributed by atoms with Gasteiger partial charge in [-0.25, -0.2) is 4.79 Å². The van der Waals surface area contributed by atoms with Crippen LogP contribution in [0.5, 0.6) is 0 Å². The number of hydrogen-bond donors (Lipinski definition) is 2. The number of nitrogens with one attached hydrogen (secondary N) is 2. The number of anilines is 1. The highest BCUT2D eigenvalue weighted by Gasteiger charge is 2.29. The van der Waals surface area contributed by atoms with Crippen molar-refractivity contribution in [2.24, 2.45) is 0 Å². The molecule has 1 aliphatic heterocycles. The topological polar surface area (TPSA) is 63.1 Å². The Morgan fingerprint density at radius 1 is 0.659 bits per heavy atom. The third kappa shape index (κ3) is 4.28. The van der Waals surface area contributed by atoms with Crippen LogP contribution in [-0.4, -0.2) is 10.6 Å². The Hall–Kier alpha value is -5.42. The molecule has 0 fully saturated rings. The normalized spacial score (nSPS) is 14.3. The monoisotopic (exact) mass is 533 g/mol. The average molecular weight is 534 g/mol. The summed E-state index contributed by atoms with van der Waals surface area (Å²) in [6.07, 6.45) is 0. The number of fused-ring (bicyclic) bond motifs is 2. The summed E-state index contributed by atoms with van der Waals surface area (Å²) in [5.74, 6) is 0. The van der Waals surface area contributed by atoms with Gasteiger partial charge in [0.05, 0.1) is 11.7 Å². The summed E-state index contributed by atoms with van der Waals surface area (Å²) in [6.45, 7) is 2.04. The van der Waals surface area contributed by atoms with E-state index in [0.717, 1.165) is 50.1 Å². The van der Waals surface area contributed by atoms with Gasteiger partial charge in [0.15, 0.2) is 0 Å². The van der Waals surface area contributed by atoms with E-state index in [-0.39, 0.29) is 17.6 Å². The number of carbonyl (C=O) groups excluding carboxylic acids is 1. The van der Waals surface area contributed by atoms with Crippen LogP contribution in [0.3, 0.4) is 0 Å². The van der Waals surface area contributed by atoms with Gasteiger partial charge in [-0.3, -0.25) is 9.36 Å². The largest absolute Gasteiger partial charge is 0.327 e. The minimum absolute atomic E-state index is 0.117. The number of hydrogen-bond acceptors (Lipinski definition) is 2. The van der Waals surface area contributed by atoms with E-state index in [1.54, 1.807) is 0 Å². The van der Waals surface area contributed by atoms with Crippen LogP contribution >= 0.6 is 0 Å². The number of carbonyl (C=O) groups is 1. The highest BCUT2D eigenvalue weighted by molar-refractivity contribution is 6.07. The van der Waals surface area contributed by atoms with Gasteiger partial charge in [-0.05, 0) is 53.3 Å². The maximum absolute atomic E-state index is 14.6. The van der Waals surface area contributed by atoms with Crippen LogP contribution in [-0.2, 0) is 0 Å². The molecule has 2 amide bonds. The molecule has 0 bridgehead atoms. The number of benzene rings is 5. The summed E-state index contributed by atoms with van der Waals surface area (Å²) < 4.78 is 1.83. The number of aryl methyl sites for hydroxylation is 1. The van der Waals surface area contributed by atoms with E-state index < -0.39 is 0 Å². The van der Waals surface area contributed by atoms with Crippen molar-refractivity contribution >= 4 is 22.5 Å². The Morgan fingerprint density at radius 2 is 1.27 bits per heavy atom. The summed E-state index contributed by atoms with van der Waals surface area (Å²) in [4.78, 5) is 27.5. The predicted molar refractivity (Wildman–Crippen MR) is 166 cm³/mol. The third-order valence-corrected chi connectivity index (χ3v) is 7.72. The number of amides is 2. The molecular weight excluding hydrogens is 506 g/mol. The number of pyridine rings is 1. The summed E-state index contributed by atoms with van der Waals surface area (Å²) in [5, 5.41) is 7.43. The molecule has 5 heteroatoms. The number of aromatic nitrogens is 1. The Kier molecular flexibility index (Phi) is 5.98. The standard InChI is InChI=1S/C36H27N3O2/c1-23-17-19-27(20-18-23)39-34(26-15-9-4-10-16-26)32(24-11-5-2-6-12-24)28-22-31-30(21-29(28)35(39)40)33(38-36(41)37-31)25-13-7-3-8-14-25/h2-22,33H,1H3,(H2,37,38,41). The van der Waals surface area contributed by atoms with Gasteiger partial charge in [0.25, 0.3) is 5.56 Å². The zero-order chi connectivity index (χ0) is 27.9. The molecule has 2 N–H and O–H groups in total. The van der Waals surface area contributed by atoms with Gasteiger partial charge in [-0.2, -0.15) is 0 Å². The van der Waals surface area contributed by atoms with Crippen molar-refractivity contribution in [2.75, 3.05) is 5.32 Å². The summed E-state index contributed by atoms with van der Waals surface area (Å²) >= 11 is 0. The predicted octanol–water partition coefficient (Wildman–Crippen LogP) is 7.86. The van der Waals surface area contributed by atoms with Crippen LogP contribution in [0.2, 0.25) is 0 Å². The molecule has 0 spiro atoms. The van der Waals surface area contributed by atoms with E-state index in [2.05, 4.69) is 22.8 Å². The van der Waals surface area contributed by atoms with Gasteiger partial charge in [0.1, 0.15) is 0 Å². The highest BCUT2D eigenvalue weighted by Crippen LogP contribution is 2.42. The van der Waals surface area contributed by atoms with Crippen LogP contribution in [0, 0.1) is 6.92 Å². The lowest BCUT2D eigenvalue weighted by atomic mass is 9.89. The molecule has 2 heterocycles. The first-order valence-corrected chi connectivity index (χ1v) is 13.7. The molecule has 7 rings (SSSR count). The second kappa shape index (κ2) is 9.96. The first-order valence-electron chi connectivity index (χ1n) is 13.7. The zero-order valence-corrected chi connectivity index (χ0v) is 22.5. The minimum atomic E-state index is -0.384. The molecule has 6 aromatic rings. The number of rotatable bonds is 4. The van der Waals surface area contributed by atoms with Gasteiger partial charge in [0, 0.05) is 27.9 Å². The van der Waals surface area contributed by atoms with Crippen LogP contribution in [0.1, 0.15) is 22.7 Å². The molecule has 0 radical (unpaired) electrons. The van der Waals surface area contributed by atoms with Crippen molar-refractivity contribution in [1.82, 2.24) is 9.88 Å². The van der Waals surface area contributed by atoms with E-state index in [1.807, 2.05) is 127 Å². The summed E-state index contributed by atoms with van der Waals surface area (Å²) in [6, 6.07) is 41.3. The average Bonchev–Trinajstić information content (AvgIpc) is 3.02. The maximum Gasteiger partial charge on any atom is 0.320 e. The van der Waals surface area contributed by atoms with Crippen molar-refractivity contribution < 1.29 is 4.79 Å². The molecule has 198 valence electrons. The van der Waals surface area contributed by atoms with Gasteiger partial charge in [-0.15, -0.1) is 0 Å². The lowest BCUT2D eigenvalue weighted by Crippen LogP contribution is -2.38. The molecule has 0 saturated heterocycles. The van der Waals surface area contributed by atoms with E-state index in [4.69, 9.17) is 0 Å². The lowest BCUT2D eigenvalue weighted by molar-refractivity contribution is 0.249. The molecule has 1 aliphatic rings. The first kappa shape index (κ1) is 24.6. The van der Waals surface area contributed by atoms with Crippen molar-refractivity contribution in [3.8, 4) is 28.1 Å². The lowest BCUT2D eigenvalue weighted by Gasteiger charge is -2.29. The third-order valence-electron chi connectivity index (χ3n) is 7.72. The Labute approximate surface area is 237 Å². The van der Waals surface area contributed by atoms with Crippen LogP contribution < -0.4 is 16.2 Å². The molecule has 1 unspecified atom stereocenters. The fraction of sp³-hybridized carbons (Fsp3) is 0.0556. The van der Waals surface area contributed by atoms with Gasteiger partial charge in [0.2, 0.25) is 0 Å². The SMILES string of the molecule is Cc1ccc(-n2c(-c3ccccc3)c(-c3ccccc3)c3cc4c(cc3c2=O)C(c2ccccc2)NC(=O)N4)cc1. The van der Waals surface area contributed by atoms with Gasteiger partial charge < -0.3 is 10.6 Å². The fourth-order valence-corrected chi connectivity index (χ4v) is 5.79. The van der Waals surface area contributed by atoms with Gasteiger partial charge >= 0.3 is 6.03 Å². The van der Waals surface area contributed by atoms with E-state index in [9.17, 15) is 9.59 Å². The molecule has 1 atom stereocenters. The Bertz CT molecular complexity index is 1960. The number of urea groups is 1. The zero-order valence-electron chi connectivity index (χ0n) is 22.5. The van der Waals surface area contributed by atoms with E-state index in [1.165, 1.54) is 0 Å². The minimum Gasteiger partial charge on any atom is -0.327 e. The molecule has 5 nitrogen and oxygen atoms in total. The second-order valence-corrected chi connectivity index (χ2v) is 10.4. The van der Waals surface area contributed by atoms with Crippen LogP contribution in [0.25, 0.3) is 38.8 Å². The molecule has 0 aliphatic carbocycles. The second-order valence-electron chi connectivity index (χ2n) is 10.4. The Morgan fingerprint density at radius 3 is 1.93 bits per heavy atom. The van der Waals surface area contributed by atoms with Crippen molar-refractivity contribution in [1.29, 1.82) is 0 Å². The highest BCUT2D eigenvalue weighted by atomic mass is 16.2. The molecule has 0 saturated carbocycles. The summed E-state index contributed by atoms with van der Waals surface area (Å²) in [7, 11) is 0. The van der Waals surface area contributed by atoms with Crippen molar-refractivity contribution in [3.05, 3.63) is 154 Å². The first-order chi connectivity index (χ1) is 20.1. The quantitative estimate of drug-likeness (QED) is 0.242. The molecule has 41 heavy (non-hydrogen) atoms. The van der Waals surface area contributed by atoms with E-state index >= 15 is 0 Å². The van der Waals surface area contributed by atoms with E-state index in [0.29, 0.717) is 11.1 Å². The Balaban J connectivity index is 1.64. The smallest absolute Gasteiger partial charge is 0.320 e. The molecule has 1 aromatic heterocycles. The fourth-order valence-electron chi connectivity index (χ4n) is 5.79. The van der Waals surface area contributed by atoms with Crippen molar-refractivity contribution in [2.45, 2.75) is 13.0 Å². The molecule has 5 aromatic carbocycles. The van der Waals surface area contributed by atoms with Crippen molar-refractivity contribution in [3.63, 3.8) is 0 Å². The maximum atomic E-state index is 14.6.